The summed E-state index contributed by atoms with van der Waals surface area (Å²) in [5.41, 5.74) is 1.95. The van der Waals surface area contributed by atoms with E-state index in [1.807, 2.05) is 26.4 Å². The summed E-state index contributed by atoms with van der Waals surface area (Å²) in [6, 6.07) is 8.24. The highest BCUT2D eigenvalue weighted by molar-refractivity contribution is 14.0. The molecule has 1 aromatic carbocycles. The van der Waals surface area contributed by atoms with Crippen LogP contribution in [0.3, 0.4) is 0 Å². The number of nitrogens with zero attached hydrogens (tertiary/aromatic N) is 4. The maximum atomic E-state index is 13.5. The summed E-state index contributed by atoms with van der Waals surface area (Å²) in [5.74, 6) is -0.321. The molecule has 28 heavy (non-hydrogen) atoms. The largest absolute Gasteiger partial charge is 0.371 e. The van der Waals surface area contributed by atoms with Crippen molar-refractivity contribution in [2.24, 2.45) is 18.0 Å². The van der Waals surface area contributed by atoms with Gasteiger partial charge in [-0.2, -0.15) is 0 Å². The summed E-state index contributed by atoms with van der Waals surface area (Å²) < 4.78 is 28.7. The van der Waals surface area contributed by atoms with Gasteiger partial charge in [-0.25, -0.2) is 8.78 Å². The topological polar surface area (TPSA) is 35.8 Å². The monoisotopic (exact) mass is 503 g/mol. The van der Waals surface area contributed by atoms with E-state index in [-0.39, 0.29) is 24.0 Å². The molecule has 1 fully saturated rings. The van der Waals surface area contributed by atoms with Crippen molar-refractivity contribution in [2.75, 3.05) is 38.6 Å². The predicted octanol–water partition coefficient (Wildman–Crippen LogP) is 3.46. The smallest absolute Gasteiger partial charge is 0.193 e. The van der Waals surface area contributed by atoms with Crippen LogP contribution in [0.2, 0.25) is 0 Å². The Kier molecular flexibility index (Phi) is 8.09. The Morgan fingerprint density at radius 1 is 1.29 bits per heavy atom. The third-order valence-corrected chi connectivity index (χ3v) is 5.13. The van der Waals surface area contributed by atoms with E-state index in [4.69, 9.17) is 0 Å². The average Bonchev–Trinajstić information content (AvgIpc) is 3.27. The van der Waals surface area contributed by atoms with Gasteiger partial charge in [-0.1, -0.05) is 0 Å². The molecule has 0 bridgehead atoms. The molecule has 8 heteroatoms. The summed E-state index contributed by atoms with van der Waals surface area (Å²) in [7, 11) is 5.83. The van der Waals surface area contributed by atoms with E-state index in [1.165, 1.54) is 17.8 Å². The number of aromatic nitrogens is 1. The molecule has 1 aromatic heterocycles. The number of anilines is 1. The van der Waals surface area contributed by atoms with E-state index in [0.29, 0.717) is 5.92 Å². The molecular weight excluding hydrogens is 475 g/mol. The zero-order valence-electron chi connectivity index (χ0n) is 16.5. The van der Waals surface area contributed by atoms with Gasteiger partial charge in [0.05, 0.1) is 6.54 Å². The van der Waals surface area contributed by atoms with Crippen LogP contribution in [0, 0.1) is 17.6 Å². The second-order valence-corrected chi connectivity index (χ2v) is 7.09. The minimum atomic E-state index is -0.804. The predicted molar refractivity (Wildman–Crippen MR) is 120 cm³/mol. The number of halogens is 3. The molecule has 1 saturated heterocycles. The van der Waals surface area contributed by atoms with Gasteiger partial charge in [0.25, 0.3) is 0 Å². The van der Waals surface area contributed by atoms with Crippen LogP contribution in [-0.4, -0.2) is 49.2 Å². The third kappa shape index (κ3) is 5.36. The molecule has 1 atom stereocenters. The number of hydrogen-bond donors (Lipinski definition) is 1. The Morgan fingerprint density at radius 3 is 2.71 bits per heavy atom. The van der Waals surface area contributed by atoms with Gasteiger partial charge in [-0.3, -0.25) is 4.99 Å². The molecule has 0 spiro atoms. The van der Waals surface area contributed by atoms with Crippen molar-refractivity contribution in [1.82, 2.24) is 14.8 Å². The van der Waals surface area contributed by atoms with Gasteiger partial charge in [-0.05, 0) is 36.6 Å². The van der Waals surface area contributed by atoms with E-state index < -0.39 is 11.6 Å². The Balaban J connectivity index is 0.00000280. The van der Waals surface area contributed by atoms with Crippen molar-refractivity contribution < 1.29 is 8.78 Å². The fraction of sp³-hybridized carbons (Fsp3) is 0.450. The lowest BCUT2D eigenvalue weighted by Gasteiger charge is -2.24. The quantitative estimate of drug-likeness (QED) is 0.386. The molecule has 1 N–H and O–H groups in total. The van der Waals surface area contributed by atoms with Crippen LogP contribution in [0.5, 0.6) is 0 Å². The van der Waals surface area contributed by atoms with Gasteiger partial charge in [0, 0.05) is 64.4 Å². The van der Waals surface area contributed by atoms with Crippen molar-refractivity contribution in [2.45, 2.75) is 13.0 Å². The fourth-order valence-corrected chi connectivity index (χ4v) is 3.51. The van der Waals surface area contributed by atoms with Crippen molar-refractivity contribution in [3.8, 4) is 0 Å². The summed E-state index contributed by atoms with van der Waals surface area (Å²) in [5, 5.41) is 3.44. The lowest BCUT2D eigenvalue weighted by atomic mass is 10.1. The molecule has 2 aromatic rings. The van der Waals surface area contributed by atoms with Gasteiger partial charge >= 0.3 is 0 Å². The summed E-state index contributed by atoms with van der Waals surface area (Å²) in [6.07, 6.45) is 3.04. The van der Waals surface area contributed by atoms with Crippen LogP contribution in [0.25, 0.3) is 0 Å². The zero-order valence-corrected chi connectivity index (χ0v) is 18.9. The second-order valence-electron chi connectivity index (χ2n) is 7.09. The van der Waals surface area contributed by atoms with Crippen molar-refractivity contribution >= 4 is 35.6 Å². The van der Waals surface area contributed by atoms with Gasteiger partial charge in [0.1, 0.15) is 0 Å². The number of nitrogens with one attached hydrogen (secondary N) is 1. The molecule has 0 radical (unpaired) electrons. The molecule has 2 heterocycles. The van der Waals surface area contributed by atoms with Crippen LogP contribution in [0.1, 0.15) is 12.1 Å². The van der Waals surface area contributed by atoms with E-state index in [1.54, 1.807) is 13.1 Å². The Labute approximate surface area is 182 Å². The third-order valence-electron chi connectivity index (χ3n) is 5.13. The zero-order chi connectivity index (χ0) is 19.4. The van der Waals surface area contributed by atoms with E-state index in [2.05, 4.69) is 30.7 Å². The van der Waals surface area contributed by atoms with Crippen LogP contribution in [-0.2, 0) is 13.6 Å². The highest BCUT2D eigenvalue weighted by Gasteiger charge is 2.24. The summed E-state index contributed by atoms with van der Waals surface area (Å²) >= 11 is 0. The number of rotatable bonds is 5. The highest BCUT2D eigenvalue weighted by atomic mass is 127. The van der Waals surface area contributed by atoms with Crippen molar-refractivity contribution in [3.05, 3.63) is 53.9 Å². The van der Waals surface area contributed by atoms with E-state index >= 15 is 0 Å². The molecule has 0 saturated carbocycles. The van der Waals surface area contributed by atoms with Gasteiger partial charge in [-0.15, -0.1) is 24.0 Å². The molecule has 1 aliphatic rings. The second kappa shape index (κ2) is 10.1. The first-order valence-electron chi connectivity index (χ1n) is 9.20. The molecule has 154 valence electrons. The minimum absolute atomic E-state index is 0. The van der Waals surface area contributed by atoms with Crippen LogP contribution in [0.4, 0.5) is 14.5 Å². The standard InChI is InChI=1S/C20H27F2N5.HI/c1-23-20(26(3)14-17-5-4-9-25(17)2)24-12-15-8-10-27(13-15)16-6-7-18(21)19(22)11-16;/h4-7,9,11,15H,8,10,12-14H2,1-3H3,(H,23,24);1H. The Hall–Kier alpha value is -1.84. The first kappa shape index (κ1) is 22.4. The molecule has 3 rings (SSSR count). The van der Waals surface area contributed by atoms with Crippen LogP contribution >= 0.6 is 24.0 Å². The van der Waals surface area contributed by atoms with Gasteiger partial charge < -0.3 is 19.7 Å². The summed E-state index contributed by atoms with van der Waals surface area (Å²) in [4.78, 5) is 8.57. The highest BCUT2D eigenvalue weighted by Crippen LogP contribution is 2.25. The SMILES string of the molecule is CN=C(NCC1CCN(c2ccc(F)c(F)c2)C1)N(C)Cc1cccn1C.I. The molecular formula is C20H28F2IN5. The lowest BCUT2D eigenvalue weighted by molar-refractivity contribution is 0.450. The first-order valence-corrected chi connectivity index (χ1v) is 9.20. The number of hydrogen-bond acceptors (Lipinski definition) is 2. The van der Waals surface area contributed by atoms with E-state index in [9.17, 15) is 8.78 Å². The molecule has 1 aliphatic heterocycles. The maximum Gasteiger partial charge on any atom is 0.193 e. The average molecular weight is 503 g/mol. The number of benzene rings is 1. The van der Waals surface area contributed by atoms with Gasteiger partial charge in [0.15, 0.2) is 17.6 Å². The molecule has 5 nitrogen and oxygen atoms in total. The lowest BCUT2D eigenvalue weighted by Crippen LogP contribution is -2.41. The summed E-state index contributed by atoms with van der Waals surface area (Å²) in [6.45, 7) is 3.23. The fourth-order valence-electron chi connectivity index (χ4n) is 3.51. The normalized spacial score (nSPS) is 16.8. The maximum absolute atomic E-state index is 13.5. The minimum Gasteiger partial charge on any atom is -0.371 e. The number of aliphatic imine (C=N–C) groups is 1. The van der Waals surface area contributed by atoms with Crippen molar-refractivity contribution in [3.63, 3.8) is 0 Å². The molecule has 1 unspecified atom stereocenters. The molecule has 0 aliphatic carbocycles. The van der Waals surface area contributed by atoms with E-state index in [0.717, 1.165) is 44.2 Å². The van der Waals surface area contributed by atoms with Crippen LogP contribution < -0.4 is 10.2 Å². The Bertz CT molecular complexity index is 808. The van der Waals surface area contributed by atoms with Crippen molar-refractivity contribution in [1.29, 1.82) is 0 Å². The number of guanidine groups is 1. The van der Waals surface area contributed by atoms with Crippen LogP contribution in [0.15, 0.2) is 41.5 Å². The van der Waals surface area contributed by atoms with Gasteiger partial charge in [0.2, 0.25) is 0 Å². The molecule has 0 amide bonds. The Morgan fingerprint density at radius 2 is 2.07 bits per heavy atom. The number of aryl methyl sites for hydroxylation is 1. The first-order chi connectivity index (χ1) is 13.0.